The molecule has 0 saturated carbocycles. The summed E-state index contributed by atoms with van der Waals surface area (Å²) in [4.78, 5) is 25.0. The summed E-state index contributed by atoms with van der Waals surface area (Å²) in [6, 6.07) is 5.93. The van der Waals surface area contributed by atoms with Gasteiger partial charge in [-0.25, -0.2) is 4.39 Å². The van der Waals surface area contributed by atoms with Crippen LogP contribution in [-0.4, -0.2) is 65.0 Å². The third kappa shape index (κ3) is 5.51. The van der Waals surface area contributed by atoms with E-state index in [2.05, 4.69) is 20.3 Å². The van der Waals surface area contributed by atoms with Gasteiger partial charge in [0.15, 0.2) is 11.0 Å². The maximum Gasteiger partial charge on any atom is 0.325 e. The monoisotopic (exact) mass is 395 g/mol. The van der Waals surface area contributed by atoms with Gasteiger partial charge in [0.05, 0.1) is 18.9 Å². The van der Waals surface area contributed by atoms with Crippen molar-refractivity contribution in [3.05, 3.63) is 35.9 Å². The molecule has 0 unspecified atom stereocenters. The van der Waals surface area contributed by atoms with Crippen LogP contribution in [0.3, 0.4) is 0 Å². The van der Waals surface area contributed by atoms with Gasteiger partial charge < -0.3 is 10.1 Å². The first-order chi connectivity index (χ1) is 12.8. The van der Waals surface area contributed by atoms with Crippen LogP contribution in [0, 0.1) is 5.82 Å². The predicted molar refractivity (Wildman–Crippen MR) is 99.2 cm³/mol. The van der Waals surface area contributed by atoms with Gasteiger partial charge >= 0.3 is 5.97 Å². The molecule has 0 spiro atoms. The molecule has 27 heavy (non-hydrogen) atoms. The summed E-state index contributed by atoms with van der Waals surface area (Å²) in [6.45, 7) is 1.78. The fourth-order valence-electron chi connectivity index (χ4n) is 2.13. The van der Waals surface area contributed by atoms with Crippen molar-refractivity contribution in [2.75, 3.05) is 33.5 Å². The molecule has 10 heteroatoms. The van der Waals surface area contributed by atoms with Crippen molar-refractivity contribution >= 4 is 23.6 Å². The van der Waals surface area contributed by atoms with E-state index in [1.54, 1.807) is 16.7 Å². The number of benzene rings is 1. The Balaban J connectivity index is 2.22. The van der Waals surface area contributed by atoms with Crippen molar-refractivity contribution in [3.63, 3.8) is 0 Å². The maximum absolute atomic E-state index is 13.3. The van der Waals surface area contributed by atoms with Crippen LogP contribution in [0.1, 0.15) is 18.8 Å². The number of thioether (sulfide) groups is 1. The number of nitrogens with zero attached hydrogens (tertiary/aromatic N) is 4. The first-order valence-corrected chi connectivity index (χ1v) is 9.16. The number of methoxy groups -OCH3 is 1. The van der Waals surface area contributed by atoms with Crippen LogP contribution in [0.2, 0.25) is 0 Å². The quantitative estimate of drug-likeness (QED) is 0.534. The van der Waals surface area contributed by atoms with E-state index >= 15 is 0 Å². The molecule has 1 heterocycles. The highest BCUT2D eigenvalue weighted by Gasteiger charge is 2.21. The van der Waals surface area contributed by atoms with Gasteiger partial charge in [-0.3, -0.25) is 19.1 Å². The maximum atomic E-state index is 13.3. The van der Waals surface area contributed by atoms with E-state index in [9.17, 15) is 14.0 Å². The molecular weight excluding hydrogens is 373 g/mol. The van der Waals surface area contributed by atoms with Crippen LogP contribution >= 0.6 is 11.8 Å². The minimum Gasteiger partial charge on any atom is -0.468 e. The average molecular weight is 395 g/mol. The standard InChI is InChI=1S/C17H22FN5O3S/c1-11(22(2)3)16-20-21-17(23(16)13-7-5-12(18)6-8-13)27-10-14(24)19-9-15(25)26-4/h5-8,11H,9-10H2,1-4H3,(H,19,24)/t11-/m0/s1. The topological polar surface area (TPSA) is 89.3 Å². The third-order valence-corrected chi connectivity index (χ3v) is 4.81. The fourth-order valence-corrected chi connectivity index (χ4v) is 2.92. The van der Waals surface area contributed by atoms with E-state index in [0.717, 1.165) is 0 Å². The molecule has 0 bridgehead atoms. The molecule has 1 amide bonds. The molecule has 1 atom stereocenters. The predicted octanol–water partition coefficient (Wildman–Crippen LogP) is 1.41. The van der Waals surface area contributed by atoms with E-state index in [0.29, 0.717) is 16.7 Å². The van der Waals surface area contributed by atoms with E-state index in [1.165, 1.54) is 31.0 Å². The van der Waals surface area contributed by atoms with Gasteiger partial charge in [-0.05, 0) is 45.3 Å². The lowest BCUT2D eigenvalue weighted by Crippen LogP contribution is -2.31. The zero-order valence-electron chi connectivity index (χ0n) is 15.6. The highest BCUT2D eigenvalue weighted by molar-refractivity contribution is 7.99. The number of amides is 1. The van der Waals surface area contributed by atoms with Crippen LogP contribution in [0.5, 0.6) is 0 Å². The van der Waals surface area contributed by atoms with Crippen molar-refractivity contribution in [3.8, 4) is 5.69 Å². The molecule has 1 aromatic heterocycles. The molecule has 8 nitrogen and oxygen atoms in total. The Labute approximate surface area is 161 Å². The number of aromatic nitrogens is 3. The minimum absolute atomic E-state index is 0.0483. The molecule has 0 fully saturated rings. The van der Waals surface area contributed by atoms with E-state index in [4.69, 9.17) is 0 Å². The Morgan fingerprint density at radius 1 is 1.30 bits per heavy atom. The number of carbonyl (C=O) groups is 2. The number of hydrogen-bond acceptors (Lipinski definition) is 7. The Hall–Kier alpha value is -2.46. The summed E-state index contributed by atoms with van der Waals surface area (Å²) in [5.74, 6) is -0.479. The Bertz CT molecular complexity index is 794. The molecule has 0 aliphatic rings. The summed E-state index contributed by atoms with van der Waals surface area (Å²) >= 11 is 1.18. The largest absolute Gasteiger partial charge is 0.468 e. The second-order valence-electron chi connectivity index (χ2n) is 5.93. The Morgan fingerprint density at radius 3 is 2.56 bits per heavy atom. The van der Waals surface area contributed by atoms with Crippen molar-refractivity contribution in [2.24, 2.45) is 0 Å². The first-order valence-electron chi connectivity index (χ1n) is 8.17. The lowest BCUT2D eigenvalue weighted by atomic mass is 10.2. The number of esters is 1. The van der Waals surface area contributed by atoms with Gasteiger partial charge in [0.25, 0.3) is 0 Å². The lowest BCUT2D eigenvalue weighted by molar-refractivity contribution is -0.140. The molecule has 146 valence electrons. The molecule has 0 saturated heterocycles. The SMILES string of the molecule is COC(=O)CNC(=O)CSc1nnc([C@H](C)N(C)C)n1-c1ccc(F)cc1. The van der Waals surface area contributed by atoms with Gasteiger partial charge in [0, 0.05) is 5.69 Å². The lowest BCUT2D eigenvalue weighted by Gasteiger charge is -2.20. The number of nitrogens with one attached hydrogen (secondary N) is 1. The van der Waals surface area contributed by atoms with Crippen molar-refractivity contribution in [2.45, 2.75) is 18.1 Å². The van der Waals surface area contributed by atoms with Crippen molar-refractivity contribution < 1.29 is 18.7 Å². The van der Waals surface area contributed by atoms with Crippen LogP contribution in [0.4, 0.5) is 4.39 Å². The van der Waals surface area contributed by atoms with E-state index in [1.807, 2.05) is 25.9 Å². The molecule has 0 aliphatic carbocycles. The summed E-state index contributed by atoms with van der Waals surface area (Å²) < 4.78 is 19.6. The minimum atomic E-state index is -0.523. The first kappa shape index (κ1) is 20.8. The van der Waals surface area contributed by atoms with Crippen LogP contribution < -0.4 is 5.32 Å². The summed E-state index contributed by atoms with van der Waals surface area (Å²) in [7, 11) is 5.09. The van der Waals surface area contributed by atoms with Crippen LogP contribution in [0.15, 0.2) is 29.4 Å². The van der Waals surface area contributed by atoms with Crippen LogP contribution in [-0.2, 0) is 14.3 Å². The van der Waals surface area contributed by atoms with E-state index < -0.39 is 5.97 Å². The molecule has 2 aromatic rings. The number of rotatable bonds is 8. The zero-order chi connectivity index (χ0) is 20.0. The highest BCUT2D eigenvalue weighted by Crippen LogP contribution is 2.26. The van der Waals surface area contributed by atoms with Gasteiger partial charge in [-0.2, -0.15) is 0 Å². The molecule has 2 rings (SSSR count). The second-order valence-corrected chi connectivity index (χ2v) is 6.88. The Kier molecular flexibility index (Phi) is 7.31. The number of carbonyl (C=O) groups excluding carboxylic acids is 2. The molecule has 1 N–H and O–H groups in total. The van der Waals surface area contributed by atoms with Crippen molar-refractivity contribution in [1.29, 1.82) is 0 Å². The van der Waals surface area contributed by atoms with E-state index in [-0.39, 0.29) is 30.1 Å². The van der Waals surface area contributed by atoms with Gasteiger partial charge in [-0.15, -0.1) is 10.2 Å². The summed E-state index contributed by atoms with van der Waals surface area (Å²) in [5.41, 5.74) is 0.697. The van der Waals surface area contributed by atoms with Gasteiger partial charge in [0.2, 0.25) is 5.91 Å². The average Bonchev–Trinajstić information content (AvgIpc) is 3.08. The summed E-state index contributed by atoms with van der Waals surface area (Å²) in [5, 5.41) is 11.4. The second kappa shape index (κ2) is 9.47. The molecule has 0 radical (unpaired) electrons. The molecular formula is C17H22FN5O3S. The highest BCUT2D eigenvalue weighted by atomic mass is 32.2. The van der Waals surface area contributed by atoms with Crippen molar-refractivity contribution in [1.82, 2.24) is 25.0 Å². The molecule has 1 aromatic carbocycles. The third-order valence-electron chi connectivity index (χ3n) is 3.88. The Morgan fingerprint density at radius 2 is 1.96 bits per heavy atom. The number of ether oxygens (including phenoxy) is 1. The van der Waals surface area contributed by atoms with Crippen LogP contribution in [0.25, 0.3) is 5.69 Å². The summed E-state index contributed by atoms with van der Waals surface area (Å²) in [6.07, 6.45) is 0. The van der Waals surface area contributed by atoms with Gasteiger partial charge in [0.1, 0.15) is 12.4 Å². The smallest absolute Gasteiger partial charge is 0.325 e. The zero-order valence-corrected chi connectivity index (χ0v) is 16.4. The normalized spacial score (nSPS) is 12.1. The molecule has 0 aliphatic heterocycles. The number of halogens is 1. The fraction of sp³-hybridized carbons (Fsp3) is 0.412. The van der Waals surface area contributed by atoms with Gasteiger partial charge in [-0.1, -0.05) is 11.8 Å². The number of hydrogen-bond donors (Lipinski definition) is 1.